The van der Waals surface area contributed by atoms with Crippen LogP contribution in [0.2, 0.25) is 5.02 Å². The number of epoxide rings is 1. The number of esters is 2. The van der Waals surface area contributed by atoms with E-state index in [0.29, 0.717) is 21.9 Å². The van der Waals surface area contributed by atoms with Crippen LogP contribution in [0.5, 0.6) is 5.75 Å². The molecule has 276 valence electrons. The number of aliphatic carboxylic acids is 1. The van der Waals surface area contributed by atoms with E-state index in [9.17, 15) is 24.0 Å². The van der Waals surface area contributed by atoms with Crippen LogP contribution in [0.25, 0.3) is 0 Å². The summed E-state index contributed by atoms with van der Waals surface area (Å²) in [5, 5.41) is 14.9. The molecule has 2 aromatic carbocycles. The molecular weight excluding hydrogens is 680 g/mol. The van der Waals surface area contributed by atoms with E-state index in [-0.39, 0.29) is 56.3 Å². The molecule has 2 aliphatic rings. The van der Waals surface area contributed by atoms with Gasteiger partial charge < -0.3 is 34.7 Å². The van der Waals surface area contributed by atoms with Crippen LogP contribution < -0.4 is 15.4 Å². The Morgan fingerprint density at radius 2 is 1.73 bits per heavy atom. The fraction of sp³-hybridized carbons (Fsp3) is 0.500. The van der Waals surface area contributed by atoms with Gasteiger partial charge in [0.2, 0.25) is 11.8 Å². The van der Waals surface area contributed by atoms with Crippen molar-refractivity contribution in [2.75, 3.05) is 13.7 Å². The summed E-state index contributed by atoms with van der Waals surface area (Å²) in [5.74, 6) is -3.30. The maximum atomic E-state index is 13.7. The summed E-state index contributed by atoms with van der Waals surface area (Å²) in [5.41, 5.74) is 0.952. The lowest BCUT2D eigenvalue weighted by Crippen LogP contribution is -2.51. The number of cyclic esters (lactones) is 2. The van der Waals surface area contributed by atoms with Crippen molar-refractivity contribution in [1.29, 1.82) is 0 Å². The van der Waals surface area contributed by atoms with Crippen molar-refractivity contribution in [3.05, 3.63) is 76.3 Å². The number of hydrogen-bond acceptors (Lipinski definition) is 9. The molecule has 2 amide bonds. The van der Waals surface area contributed by atoms with Crippen molar-refractivity contribution in [2.24, 2.45) is 17.3 Å². The zero-order valence-corrected chi connectivity index (χ0v) is 30.5. The van der Waals surface area contributed by atoms with Crippen LogP contribution in [-0.2, 0) is 51.0 Å². The van der Waals surface area contributed by atoms with Crippen LogP contribution in [0, 0.1) is 17.3 Å². The van der Waals surface area contributed by atoms with Crippen LogP contribution >= 0.6 is 11.6 Å². The summed E-state index contributed by atoms with van der Waals surface area (Å²) in [6.45, 7) is 8.73. The molecule has 1 fully saturated rings. The van der Waals surface area contributed by atoms with E-state index in [1.807, 2.05) is 32.9 Å². The predicted molar refractivity (Wildman–Crippen MR) is 188 cm³/mol. The lowest BCUT2D eigenvalue weighted by molar-refractivity contribution is -0.179. The van der Waals surface area contributed by atoms with E-state index in [2.05, 4.69) is 10.6 Å². The molecule has 4 rings (SSSR count). The first-order valence-electron chi connectivity index (χ1n) is 17.0. The van der Waals surface area contributed by atoms with Crippen LogP contribution in [0.1, 0.15) is 70.3 Å². The quantitative estimate of drug-likeness (QED) is 0.229. The number of methoxy groups -OCH3 is 1. The van der Waals surface area contributed by atoms with Crippen molar-refractivity contribution in [2.45, 2.75) is 90.8 Å². The second kappa shape index (κ2) is 17.2. The minimum Gasteiger partial charge on any atom is -0.495 e. The van der Waals surface area contributed by atoms with Crippen molar-refractivity contribution >= 4 is 41.3 Å². The summed E-state index contributed by atoms with van der Waals surface area (Å²) in [6.07, 6.45) is 0.604. The number of hydrogen-bond donors (Lipinski definition) is 3. The highest BCUT2D eigenvalue weighted by Gasteiger charge is 2.48. The van der Waals surface area contributed by atoms with Crippen molar-refractivity contribution in [3.63, 3.8) is 0 Å². The van der Waals surface area contributed by atoms with E-state index >= 15 is 0 Å². The Kier molecular flexibility index (Phi) is 13.3. The number of halogens is 1. The maximum absolute atomic E-state index is 13.7. The molecule has 0 spiro atoms. The first kappa shape index (κ1) is 39.4. The Hall–Kier alpha value is -4.42. The van der Waals surface area contributed by atoms with Gasteiger partial charge in [0.05, 0.1) is 30.1 Å². The number of carboxylic acid groups (broad SMARTS) is 1. The van der Waals surface area contributed by atoms with E-state index < -0.39 is 53.4 Å². The molecule has 0 saturated carbocycles. The predicted octanol–water partition coefficient (Wildman–Crippen LogP) is 4.75. The van der Waals surface area contributed by atoms with Gasteiger partial charge in [0.15, 0.2) is 6.10 Å². The summed E-state index contributed by atoms with van der Waals surface area (Å²) in [7, 11) is 1.49. The van der Waals surface area contributed by atoms with Gasteiger partial charge in [-0.2, -0.15) is 0 Å². The number of rotatable bonds is 10. The lowest BCUT2D eigenvalue weighted by Gasteiger charge is -2.29. The van der Waals surface area contributed by atoms with Crippen LogP contribution in [-0.4, -0.2) is 72.8 Å². The fourth-order valence-electron chi connectivity index (χ4n) is 5.82. The van der Waals surface area contributed by atoms with Crippen molar-refractivity contribution in [3.8, 4) is 5.75 Å². The summed E-state index contributed by atoms with van der Waals surface area (Å²) in [6, 6.07) is 11.2. The molecular formula is C38H47ClN2O10. The molecule has 13 heteroatoms. The van der Waals surface area contributed by atoms with Gasteiger partial charge in [-0.05, 0) is 61.1 Å². The molecule has 0 radical (unpaired) electrons. The van der Waals surface area contributed by atoms with Crippen molar-refractivity contribution < 1.29 is 48.0 Å². The highest BCUT2D eigenvalue weighted by atomic mass is 35.5. The average molecular weight is 727 g/mol. The van der Waals surface area contributed by atoms with Gasteiger partial charge in [-0.1, -0.05) is 68.8 Å². The number of ether oxygens (including phenoxy) is 4. The van der Waals surface area contributed by atoms with Crippen LogP contribution in [0.15, 0.2) is 54.6 Å². The molecule has 0 aromatic heterocycles. The Labute approximate surface area is 303 Å². The molecule has 1 saturated heterocycles. The van der Waals surface area contributed by atoms with Gasteiger partial charge in [0.1, 0.15) is 24.0 Å². The Morgan fingerprint density at radius 1 is 1.04 bits per heavy atom. The minimum atomic E-state index is -1.23. The summed E-state index contributed by atoms with van der Waals surface area (Å²) < 4.78 is 23.1. The third-order valence-corrected chi connectivity index (χ3v) is 9.24. The molecule has 0 bridgehead atoms. The first-order chi connectivity index (χ1) is 24.1. The van der Waals surface area contributed by atoms with E-state index in [4.69, 9.17) is 35.7 Å². The lowest BCUT2D eigenvalue weighted by atomic mass is 9.92. The number of nitrogens with one attached hydrogen (secondary N) is 2. The Balaban J connectivity index is 1.59. The first-order valence-corrected chi connectivity index (χ1v) is 17.4. The third kappa shape index (κ3) is 11.0. The van der Waals surface area contributed by atoms with Gasteiger partial charge in [0.25, 0.3) is 0 Å². The fourth-order valence-corrected chi connectivity index (χ4v) is 6.10. The number of amides is 2. The molecule has 6 atom stereocenters. The van der Waals surface area contributed by atoms with Gasteiger partial charge >= 0.3 is 17.9 Å². The monoisotopic (exact) mass is 726 g/mol. The molecule has 2 aromatic rings. The number of carboxylic acids is 1. The van der Waals surface area contributed by atoms with E-state index in [1.165, 1.54) is 13.2 Å². The van der Waals surface area contributed by atoms with Gasteiger partial charge in [-0.15, -0.1) is 0 Å². The van der Waals surface area contributed by atoms with E-state index in [1.54, 1.807) is 50.3 Å². The second-order valence-electron chi connectivity index (χ2n) is 14.2. The second-order valence-corrected chi connectivity index (χ2v) is 14.6. The SMILES string of the molecule is COc1ccc(C[C@H]2NC(=O)/C=C/C[C@@H]([C@H](C)[C@H]3O[C@@H]3c3ccc(CC(=O)O)cc3)OC(=O)[C@H](CC(C)C)OC(=O)C(C)(C)CNC2=O)cc1Cl. The summed E-state index contributed by atoms with van der Waals surface area (Å²) >= 11 is 6.32. The third-order valence-electron chi connectivity index (χ3n) is 8.94. The zero-order valence-electron chi connectivity index (χ0n) is 29.8. The molecule has 0 aliphatic carbocycles. The molecule has 0 unspecified atom stereocenters. The molecule has 12 nitrogen and oxygen atoms in total. The molecule has 2 heterocycles. The minimum absolute atomic E-state index is 0.0179. The number of benzene rings is 2. The number of carbonyl (C=O) groups excluding carboxylic acids is 4. The normalized spacial score (nSPS) is 25.5. The Morgan fingerprint density at radius 3 is 2.35 bits per heavy atom. The smallest absolute Gasteiger partial charge is 0.347 e. The molecule has 3 N–H and O–H groups in total. The highest BCUT2D eigenvalue weighted by Crippen LogP contribution is 2.45. The van der Waals surface area contributed by atoms with Gasteiger partial charge in [0, 0.05) is 25.3 Å². The highest BCUT2D eigenvalue weighted by molar-refractivity contribution is 6.32. The van der Waals surface area contributed by atoms with E-state index in [0.717, 1.165) is 5.56 Å². The van der Waals surface area contributed by atoms with Crippen LogP contribution in [0.4, 0.5) is 0 Å². The average Bonchev–Trinajstić information content (AvgIpc) is 3.86. The maximum Gasteiger partial charge on any atom is 0.347 e. The molecule has 51 heavy (non-hydrogen) atoms. The summed E-state index contributed by atoms with van der Waals surface area (Å²) in [4.78, 5) is 64.9. The van der Waals surface area contributed by atoms with Crippen LogP contribution in [0.3, 0.4) is 0 Å². The molecule has 2 aliphatic heterocycles. The topological polar surface area (TPSA) is 170 Å². The standard InChI is InChI=1S/C38H47ClN2O10/c1-21(2)16-30-36(46)49-28(22(3)33-34(51-33)25-13-10-23(11-14-25)19-32(43)44)8-7-9-31(42)41-27(18-24-12-15-29(48-6)26(39)17-24)35(45)40-20-38(4,5)37(47)50-30/h7,9-15,17,21-22,27-28,30,33-34H,8,16,18-20H2,1-6H3,(H,40,45)(H,41,42)(H,43,44)/b9-7+/t22-,27+,28-,30-,33+,34+/m0/s1. The van der Waals surface area contributed by atoms with Gasteiger partial charge in [-0.25, -0.2) is 4.79 Å². The van der Waals surface area contributed by atoms with Crippen molar-refractivity contribution in [1.82, 2.24) is 10.6 Å². The zero-order chi connectivity index (χ0) is 37.5. The largest absolute Gasteiger partial charge is 0.495 e. The van der Waals surface area contributed by atoms with Gasteiger partial charge in [-0.3, -0.25) is 19.2 Å². The number of carbonyl (C=O) groups is 5. The Bertz CT molecular complexity index is 1620.